The number of halogens is 6. The van der Waals surface area contributed by atoms with E-state index in [2.05, 4.69) is 167 Å². The fraction of sp³-hybridized carbons (Fsp3) is 0.459. The molecular weight excluding hydrogens is 1800 g/mol. The number of methoxy groups -OCH3 is 4. The molecule has 5 aromatic carbocycles. The summed E-state index contributed by atoms with van der Waals surface area (Å²) in [5.41, 5.74) is 10.7. The van der Waals surface area contributed by atoms with Crippen LogP contribution in [0.15, 0.2) is 132 Å². The Morgan fingerprint density at radius 2 is 0.848 bits per heavy atom. The zero-order valence-corrected chi connectivity index (χ0v) is 75.1. The van der Waals surface area contributed by atoms with E-state index >= 15 is 0 Å². The molecule has 4 aliphatic rings. The molecule has 9 rings (SSSR count). The number of ether oxygens (including phenoxy) is 4. The number of likely N-dealkylation sites (tertiary alicyclic amines) is 4. The number of carbonyl (C=O) groups is 6. The van der Waals surface area contributed by atoms with E-state index in [4.69, 9.17) is 18.9 Å². The van der Waals surface area contributed by atoms with Crippen LogP contribution in [0, 0.1) is 0 Å². The minimum atomic E-state index is -3.06. The van der Waals surface area contributed by atoms with Crippen molar-refractivity contribution in [2.45, 2.75) is 79.4 Å². The van der Waals surface area contributed by atoms with Gasteiger partial charge in [-0.05, 0) is 168 Å². The Kier molecular flexibility index (Phi) is 57.1. The van der Waals surface area contributed by atoms with Crippen LogP contribution in [0.2, 0.25) is 0 Å². The SMILES string of the molecule is BrBr.C.CN1CCC(=C(Br)c2ccc(C(=O)O)cc2)CC1.CN1CCC(=O)CC1.COC(=O)c1ccc(C(Br)C2(Br)CCN(C)CC2)cc1.COC(=O)c1ccc(C=C2CCN(C)CC2)cc1.COC(=O)c1ccc(CBr)cc1.COC(=O)c1ccc(CP(=O)(OC)OC)cc1.COP(OC)OC.[Na+].[OH-]. The molecule has 0 bridgehead atoms. The number of hydrogen-bond acceptors (Lipinski definition) is 21. The summed E-state index contributed by atoms with van der Waals surface area (Å²) < 4.78 is 55.3. The normalized spacial score (nSPS) is 15.0. The first-order valence-corrected chi connectivity index (χ1v) is 42.4. The second-order valence-corrected chi connectivity index (χ2v) is 31.1. The van der Waals surface area contributed by atoms with Gasteiger partial charge in [-0.25, -0.2) is 24.0 Å². The molecule has 0 amide bonds. The van der Waals surface area contributed by atoms with Gasteiger partial charge >= 0.3 is 75.6 Å². The van der Waals surface area contributed by atoms with Crippen molar-refractivity contribution in [3.05, 3.63) is 188 Å². The second kappa shape index (κ2) is 57.7. The van der Waals surface area contributed by atoms with Gasteiger partial charge in [0.15, 0.2) is 0 Å². The van der Waals surface area contributed by atoms with Gasteiger partial charge in [0.1, 0.15) is 5.78 Å². The fourth-order valence-electron chi connectivity index (χ4n) is 9.87. The minimum Gasteiger partial charge on any atom is -0.870 e. The fourth-order valence-corrected chi connectivity index (χ4v) is 13.8. The Labute approximate surface area is 694 Å². The molecule has 0 aliphatic carbocycles. The first kappa shape index (κ1) is 104. The number of alkyl halides is 3. The van der Waals surface area contributed by atoms with Crippen LogP contribution in [-0.4, -0.2) is 215 Å². The Balaban J connectivity index is 0. The van der Waals surface area contributed by atoms with Crippen LogP contribution in [0.1, 0.15) is 143 Å². The van der Waals surface area contributed by atoms with Gasteiger partial charge in [-0.15, -0.1) is 0 Å². The van der Waals surface area contributed by atoms with Crippen molar-refractivity contribution >= 4 is 154 Å². The van der Waals surface area contributed by atoms with E-state index in [9.17, 15) is 33.3 Å². The Morgan fingerprint density at radius 1 is 0.524 bits per heavy atom. The Hall–Kier alpha value is -3.26. The molecule has 4 fully saturated rings. The number of esters is 4. The van der Waals surface area contributed by atoms with Gasteiger partial charge < -0.3 is 71.7 Å². The molecule has 580 valence electrons. The number of Topliss-reactive ketones (excluding diaryl/α,β-unsaturated/α-hetero) is 1. The number of carboxylic acid groups (broad SMARTS) is 1. The van der Waals surface area contributed by atoms with E-state index in [1.807, 2.05) is 79.8 Å². The Bertz CT molecular complexity index is 3390. The molecule has 4 saturated heterocycles. The average Bonchev–Trinajstić information content (AvgIpc) is 0.752. The van der Waals surface area contributed by atoms with E-state index in [1.54, 1.807) is 69.9 Å². The summed E-state index contributed by atoms with van der Waals surface area (Å²) in [4.78, 5) is 75.7. The van der Waals surface area contributed by atoms with Crippen LogP contribution in [0.5, 0.6) is 0 Å². The third kappa shape index (κ3) is 39.5. The topological polar surface area (TPSA) is 266 Å². The number of carbonyl (C=O) groups excluding carboxylic acids is 5. The van der Waals surface area contributed by atoms with Crippen molar-refractivity contribution in [1.82, 2.24) is 19.6 Å². The summed E-state index contributed by atoms with van der Waals surface area (Å²) in [6, 6.07) is 36.1. The van der Waals surface area contributed by atoms with Crippen LogP contribution in [-0.2, 0) is 62.4 Å². The standard InChI is InChI=1S/C15H19Br2NO2.C15H19NO2.C14H16BrNO2.C11H15O5P.C9H9BrO2.C6H11NO.C3H9O3P.CH4.Br2.Na.H2O/c1-18-9-7-15(17,8-10-18)13(16)11-3-5-12(6-4-11)14(19)20-2;1-16-9-7-13(8-10-16)11-12-3-5-14(6-4-12)15(17)18-2;1-16-8-6-11(7-9-16)13(15)10-2-4-12(5-3-10)14(17)18;1-14-11(12)10-6-4-9(5-7-10)8-17(13,15-2)16-3;1-12-9(11)8-4-2-7(6-10)3-5-8;1-7-4-2-6(8)3-5-7;1-4-7(5-2)6-3;;1-2;;/h3-6,13H,7-10H2,1-2H3;3-6,11H,7-10H2,1-2H3;2-5H,6-9H2,1H3,(H,17,18);4-7H,8H2,1-3H3;2-5H,6H2,1H3;2-5H2,1H3;1-3H3;1H4;;;1H2/q;;;;;;;;;+1;/p-1. The second-order valence-electron chi connectivity index (χ2n) is 23.4. The molecule has 0 spiro atoms. The van der Waals surface area contributed by atoms with Gasteiger partial charge in [0, 0.05) is 130 Å². The molecule has 0 saturated carbocycles. The number of rotatable bonds is 17. The summed E-state index contributed by atoms with van der Waals surface area (Å²) >= 11 is 20.2. The predicted molar refractivity (Wildman–Crippen MR) is 436 cm³/mol. The molecule has 4 aliphatic heterocycles. The molecule has 4 heterocycles. The van der Waals surface area contributed by atoms with Gasteiger partial charge in [0.25, 0.3) is 0 Å². The maximum Gasteiger partial charge on any atom is 1.00 e. The van der Waals surface area contributed by atoms with Gasteiger partial charge in [0.2, 0.25) is 0 Å². The van der Waals surface area contributed by atoms with Crippen molar-refractivity contribution in [3.8, 4) is 0 Å². The van der Waals surface area contributed by atoms with Crippen LogP contribution < -0.4 is 29.6 Å². The quantitative estimate of drug-likeness (QED) is 0.0298. The maximum atomic E-state index is 11.9. The number of benzene rings is 5. The van der Waals surface area contributed by atoms with E-state index in [-0.39, 0.29) is 75.7 Å². The van der Waals surface area contributed by atoms with E-state index in [1.165, 1.54) is 59.4 Å². The minimum absolute atomic E-state index is 0. The molecule has 1 atom stereocenters. The number of carboxylic acids is 1. The zero-order chi connectivity index (χ0) is 76.4. The number of nitrogens with zero attached hydrogens (tertiary/aromatic N) is 4. The average molecular weight is 1900 g/mol. The van der Waals surface area contributed by atoms with Crippen LogP contribution in [0.25, 0.3) is 10.6 Å². The molecule has 105 heavy (non-hydrogen) atoms. The Morgan fingerprint density at radius 3 is 1.18 bits per heavy atom. The molecule has 1 unspecified atom stereocenters. The van der Waals surface area contributed by atoms with Crippen LogP contribution in [0.4, 0.5) is 0 Å². The molecule has 22 nitrogen and oxygen atoms in total. The van der Waals surface area contributed by atoms with Crippen LogP contribution in [0.3, 0.4) is 0 Å². The number of aromatic carboxylic acids is 1. The van der Waals surface area contributed by atoms with Crippen molar-refractivity contribution in [2.24, 2.45) is 0 Å². The molecule has 0 radical (unpaired) electrons. The monoisotopic (exact) mass is 1890 g/mol. The number of piperidine rings is 4. The molecule has 31 heteroatoms. The van der Waals surface area contributed by atoms with Gasteiger partial charge in [0.05, 0.1) is 67.2 Å². The summed E-state index contributed by atoms with van der Waals surface area (Å²) in [5.74, 6) is -1.74. The smallest absolute Gasteiger partial charge is 0.870 e. The first-order chi connectivity index (χ1) is 48.7. The van der Waals surface area contributed by atoms with Crippen molar-refractivity contribution in [1.29, 1.82) is 0 Å². The third-order valence-corrected chi connectivity index (χ3v) is 24.0. The summed E-state index contributed by atoms with van der Waals surface area (Å²) in [7, 11) is 17.2. The zero-order valence-electron chi connectivity index (χ0n) is 61.8. The van der Waals surface area contributed by atoms with E-state index < -0.39 is 28.1 Å². The third-order valence-electron chi connectivity index (χ3n) is 16.3. The number of ketones is 1. The van der Waals surface area contributed by atoms with Crippen LogP contribution >= 0.6 is 108 Å². The van der Waals surface area contributed by atoms with Crippen molar-refractivity contribution in [3.63, 3.8) is 0 Å². The maximum absolute atomic E-state index is 11.9. The van der Waals surface area contributed by atoms with E-state index in [0.29, 0.717) is 33.6 Å². The predicted octanol–water partition coefficient (Wildman–Crippen LogP) is 15.0. The van der Waals surface area contributed by atoms with E-state index in [0.717, 1.165) is 136 Å². The first-order valence-electron chi connectivity index (χ1n) is 32.2. The molecule has 2 N–H and O–H groups in total. The summed E-state index contributed by atoms with van der Waals surface area (Å²) in [5, 5.41) is 9.66. The van der Waals surface area contributed by atoms with Gasteiger partial charge in [-0.2, -0.15) is 0 Å². The van der Waals surface area contributed by atoms with Gasteiger partial charge in [-0.3, -0.25) is 9.36 Å². The largest absolute Gasteiger partial charge is 1.00 e. The molecular formula is C74H103Br6N4NaO18P2. The van der Waals surface area contributed by atoms with Crippen molar-refractivity contribution < 1.29 is 115 Å². The summed E-state index contributed by atoms with van der Waals surface area (Å²) in [6.07, 6.45) is 10.5. The summed E-state index contributed by atoms with van der Waals surface area (Å²) in [6.45, 7) is 8.52. The number of hydrogen-bond donors (Lipinski definition) is 1. The molecule has 0 aromatic heterocycles. The van der Waals surface area contributed by atoms with Gasteiger partial charge in [-0.1, -0.05) is 149 Å². The van der Waals surface area contributed by atoms with Crippen molar-refractivity contribution in [2.75, 3.05) is 145 Å². The molecule has 5 aromatic rings.